The van der Waals surface area contributed by atoms with E-state index >= 15 is 0 Å². The summed E-state index contributed by atoms with van der Waals surface area (Å²) in [6.07, 6.45) is 3.31. The number of hydrogen-bond donors (Lipinski definition) is 2. The first-order valence-electron chi connectivity index (χ1n) is 8.87. The van der Waals surface area contributed by atoms with Crippen molar-refractivity contribution in [3.63, 3.8) is 0 Å². The predicted molar refractivity (Wildman–Crippen MR) is 112 cm³/mol. The molecule has 7 nitrogen and oxygen atoms in total. The van der Waals surface area contributed by atoms with Gasteiger partial charge in [-0.3, -0.25) is 9.59 Å². The highest BCUT2D eigenvalue weighted by Crippen LogP contribution is 2.16. The van der Waals surface area contributed by atoms with Crippen molar-refractivity contribution in [2.75, 3.05) is 6.54 Å². The van der Waals surface area contributed by atoms with Gasteiger partial charge in [-0.15, -0.1) is 0 Å². The number of halogens is 2. The van der Waals surface area contributed by atoms with Gasteiger partial charge in [0.05, 0.1) is 0 Å². The molecule has 0 aliphatic rings. The molecule has 1 aromatic heterocycles. The van der Waals surface area contributed by atoms with Crippen molar-refractivity contribution in [3.8, 4) is 0 Å². The molecule has 2 aromatic rings. The quantitative estimate of drug-likeness (QED) is 0.365. The summed E-state index contributed by atoms with van der Waals surface area (Å²) in [5.74, 6) is -2.02. The van der Waals surface area contributed by atoms with Gasteiger partial charge in [-0.25, -0.2) is 0 Å². The number of nitrogens with one attached hydrogen (secondary N) is 2. The smallest absolute Gasteiger partial charge is 0.291 e. The summed E-state index contributed by atoms with van der Waals surface area (Å²) in [7, 11) is 0. The van der Waals surface area contributed by atoms with Crippen LogP contribution in [0.3, 0.4) is 0 Å². The minimum atomic E-state index is -1.08. The lowest BCUT2D eigenvalue weighted by Crippen LogP contribution is -2.35. The van der Waals surface area contributed by atoms with Gasteiger partial charge in [0.15, 0.2) is 10.4 Å². The van der Waals surface area contributed by atoms with E-state index < -0.39 is 17.8 Å². The van der Waals surface area contributed by atoms with Crippen LogP contribution in [0.4, 0.5) is 0 Å². The fraction of sp³-hybridized carbons (Fsp3) is 0.250. The number of carbonyl (C=O) groups is 3. The average Bonchev–Trinajstić information content (AvgIpc) is 3.11. The van der Waals surface area contributed by atoms with Crippen LogP contribution >= 0.6 is 31.9 Å². The first kappa shape index (κ1) is 22.9. The largest absolute Gasteiger partial charge is 0.550 e. The van der Waals surface area contributed by atoms with Gasteiger partial charge >= 0.3 is 0 Å². The van der Waals surface area contributed by atoms with Crippen LogP contribution in [0.25, 0.3) is 6.08 Å². The van der Waals surface area contributed by atoms with Gasteiger partial charge in [-0.05, 0) is 71.1 Å². The highest BCUT2D eigenvalue weighted by Gasteiger charge is 2.17. The summed E-state index contributed by atoms with van der Waals surface area (Å²) in [5, 5.41) is 15.7. The zero-order valence-electron chi connectivity index (χ0n) is 15.4. The summed E-state index contributed by atoms with van der Waals surface area (Å²) < 4.78 is 6.52. The van der Waals surface area contributed by atoms with Crippen LogP contribution in [0, 0.1) is 0 Å². The lowest BCUT2D eigenvalue weighted by atomic mass is 10.1. The van der Waals surface area contributed by atoms with E-state index in [1.54, 1.807) is 24.3 Å². The highest BCUT2D eigenvalue weighted by molar-refractivity contribution is 9.10. The highest BCUT2D eigenvalue weighted by atomic mass is 79.9. The summed E-state index contributed by atoms with van der Waals surface area (Å²) in [6.45, 7) is 0.353. The number of unbranched alkanes of at least 4 members (excludes halogenated alkanes) is 2. The third-order valence-electron chi connectivity index (χ3n) is 3.81. The van der Waals surface area contributed by atoms with Crippen LogP contribution in [0.1, 0.15) is 41.8 Å². The maximum Gasteiger partial charge on any atom is 0.291 e. The lowest BCUT2D eigenvalue weighted by Gasteiger charge is -2.10. The number of hydrogen-bond acceptors (Lipinski definition) is 5. The summed E-state index contributed by atoms with van der Waals surface area (Å²) in [4.78, 5) is 35.4. The van der Waals surface area contributed by atoms with E-state index in [4.69, 9.17) is 4.42 Å². The number of aliphatic carboxylic acids is 1. The molecule has 1 heterocycles. The number of amides is 2. The number of carboxylic acid groups (broad SMARTS) is 1. The number of carbonyl (C=O) groups excluding carboxylic acids is 3. The molecule has 0 fully saturated rings. The molecule has 0 saturated carbocycles. The normalized spacial score (nSPS) is 11.2. The fourth-order valence-corrected chi connectivity index (χ4v) is 2.94. The number of benzene rings is 1. The monoisotopic (exact) mass is 525 g/mol. The van der Waals surface area contributed by atoms with E-state index in [1.165, 1.54) is 6.07 Å². The van der Waals surface area contributed by atoms with Crippen LogP contribution in [0.15, 0.2) is 55.7 Å². The molecule has 0 spiro atoms. The third-order valence-corrected chi connectivity index (χ3v) is 4.77. The average molecular weight is 527 g/mol. The Labute approximate surface area is 184 Å². The van der Waals surface area contributed by atoms with E-state index in [0.717, 1.165) is 10.0 Å². The number of rotatable bonds is 10. The molecule has 0 unspecified atom stereocenters. The second kappa shape index (κ2) is 11.6. The molecule has 2 rings (SSSR count). The zero-order chi connectivity index (χ0) is 21.2. The topological polar surface area (TPSA) is 111 Å². The Balaban J connectivity index is 2.03. The van der Waals surface area contributed by atoms with Crippen LogP contribution in [-0.4, -0.2) is 24.3 Å². The molecule has 2 amide bonds. The summed E-state index contributed by atoms with van der Waals surface area (Å²) in [6, 6.07) is 10.3. The molecule has 0 aliphatic carbocycles. The van der Waals surface area contributed by atoms with Crippen molar-refractivity contribution in [1.29, 1.82) is 0 Å². The fourth-order valence-electron chi connectivity index (χ4n) is 2.37. The summed E-state index contributed by atoms with van der Waals surface area (Å²) in [5.41, 5.74) is 0.799. The second-order valence-corrected chi connectivity index (χ2v) is 7.80. The maximum atomic E-state index is 12.6. The Morgan fingerprint density at radius 1 is 1.00 bits per heavy atom. The standard InChI is InChI=1S/C20H20Br2N2O5/c21-14-7-5-13(6-8-14)12-15(24-20(28)16-9-10-17(22)29-16)19(27)23-11-3-1-2-4-18(25)26/h5-10,12H,1-4,11H2,(H,23,27)(H,24,28)(H,25,26)/p-1/b15-12-. The Morgan fingerprint density at radius 2 is 1.72 bits per heavy atom. The van der Waals surface area contributed by atoms with Crippen LogP contribution in [-0.2, 0) is 9.59 Å². The maximum absolute atomic E-state index is 12.6. The van der Waals surface area contributed by atoms with E-state index in [-0.39, 0.29) is 17.9 Å². The third kappa shape index (κ3) is 8.25. The lowest BCUT2D eigenvalue weighted by molar-refractivity contribution is -0.305. The first-order chi connectivity index (χ1) is 13.8. The molecule has 0 aliphatic heterocycles. The molecule has 0 bridgehead atoms. The Kier molecular flexibility index (Phi) is 9.14. The van der Waals surface area contributed by atoms with Crippen molar-refractivity contribution < 1.29 is 23.9 Å². The Morgan fingerprint density at radius 3 is 2.34 bits per heavy atom. The minimum Gasteiger partial charge on any atom is -0.550 e. The molecule has 1 aromatic carbocycles. The van der Waals surface area contributed by atoms with Gasteiger partial charge < -0.3 is 25.0 Å². The van der Waals surface area contributed by atoms with Crippen molar-refractivity contribution >= 4 is 55.7 Å². The van der Waals surface area contributed by atoms with Crippen LogP contribution in [0.5, 0.6) is 0 Å². The predicted octanol–water partition coefficient (Wildman–Crippen LogP) is 3.00. The van der Waals surface area contributed by atoms with Gasteiger partial charge in [-0.2, -0.15) is 0 Å². The van der Waals surface area contributed by atoms with E-state index in [2.05, 4.69) is 42.5 Å². The van der Waals surface area contributed by atoms with Crippen molar-refractivity contribution in [1.82, 2.24) is 10.6 Å². The molecular weight excluding hydrogens is 508 g/mol. The van der Waals surface area contributed by atoms with E-state index in [1.807, 2.05) is 12.1 Å². The van der Waals surface area contributed by atoms with Crippen molar-refractivity contribution in [2.24, 2.45) is 0 Å². The molecule has 154 valence electrons. The molecular formula is C20H19Br2N2O5-. The van der Waals surface area contributed by atoms with Gasteiger partial charge in [0, 0.05) is 17.0 Å². The molecule has 2 N–H and O–H groups in total. The summed E-state index contributed by atoms with van der Waals surface area (Å²) >= 11 is 6.48. The van der Waals surface area contributed by atoms with Crippen LogP contribution < -0.4 is 15.7 Å². The molecule has 0 radical (unpaired) electrons. The Hall–Kier alpha value is -2.39. The minimum absolute atomic E-state index is 0.00255. The van der Waals surface area contributed by atoms with Crippen molar-refractivity contribution in [3.05, 3.63) is 62.6 Å². The van der Waals surface area contributed by atoms with Gasteiger partial charge in [0.25, 0.3) is 11.8 Å². The van der Waals surface area contributed by atoms with E-state index in [0.29, 0.717) is 30.5 Å². The van der Waals surface area contributed by atoms with Crippen LogP contribution in [0.2, 0.25) is 0 Å². The van der Waals surface area contributed by atoms with Gasteiger partial charge in [0.2, 0.25) is 0 Å². The number of carboxylic acids is 1. The molecule has 0 saturated heterocycles. The number of furan rings is 1. The van der Waals surface area contributed by atoms with E-state index in [9.17, 15) is 19.5 Å². The molecule has 9 heteroatoms. The molecule has 29 heavy (non-hydrogen) atoms. The first-order valence-corrected chi connectivity index (χ1v) is 10.5. The van der Waals surface area contributed by atoms with Gasteiger partial charge in [-0.1, -0.05) is 34.5 Å². The Bertz CT molecular complexity index is 891. The molecule has 0 atom stereocenters. The zero-order valence-corrected chi connectivity index (χ0v) is 18.5. The SMILES string of the molecule is O=C([O-])CCCCCNC(=O)/C(=C/c1ccc(Br)cc1)NC(=O)c1ccc(Br)o1. The van der Waals surface area contributed by atoms with Gasteiger partial charge in [0.1, 0.15) is 5.70 Å². The van der Waals surface area contributed by atoms with Crippen molar-refractivity contribution in [2.45, 2.75) is 25.7 Å². The second-order valence-electron chi connectivity index (χ2n) is 6.11.